The van der Waals surface area contributed by atoms with E-state index in [0.717, 1.165) is 29.4 Å². The number of hydrogen-bond acceptors (Lipinski definition) is 2. The monoisotopic (exact) mass is 332 g/mol. The molecule has 1 unspecified atom stereocenters. The summed E-state index contributed by atoms with van der Waals surface area (Å²) >= 11 is 3.40. The minimum absolute atomic E-state index is 0. The van der Waals surface area contributed by atoms with Crippen molar-refractivity contribution in [2.75, 3.05) is 6.54 Å². The number of carbonyl (C=O) groups excluding carboxylic acids is 1. The quantitative estimate of drug-likeness (QED) is 0.893. The SMILES string of the molecule is CC(NC(=O)[C@@H]1CCCN1)c1ccc(Br)cc1.Cl. The van der Waals surface area contributed by atoms with Gasteiger partial charge >= 0.3 is 0 Å². The third-order valence-corrected chi connectivity index (χ3v) is 3.63. The standard InChI is InChI=1S/C13H17BrN2O.ClH/c1-9(10-4-6-11(14)7-5-10)16-13(17)12-3-2-8-15-12;/h4-7,9,12,15H,2-3,8H2,1H3,(H,16,17);1H/t9?,12-;/m0./s1. The maximum absolute atomic E-state index is 11.9. The van der Waals surface area contributed by atoms with Crippen molar-refractivity contribution in [1.29, 1.82) is 0 Å². The fourth-order valence-corrected chi connectivity index (χ4v) is 2.32. The average molecular weight is 334 g/mol. The summed E-state index contributed by atoms with van der Waals surface area (Å²) in [6.07, 6.45) is 2.03. The van der Waals surface area contributed by atoms with Crippen LogP contribution in [0.1, 0.15) is 31.4 Å². The molecule has 1 aromatic carbocycles. The van der Waals surface area contributed by atoms with Crippen LogP contribution in [0.4, 0.5) is 0 Å². The number of nitrogens with one attached hydrogen (secondary N) is 2. The van der Waals surface area contributed by atoms with Crippen molar-refractivity contribution in [3.8, 4) is 0 Å². The second-order valence-corrected chi connectivity index (χ2v) is 5.35. The zero-order valence-corrected chi connectivity index (χ0v) is 12.7. The zero-order chi connectivity index (χ0) is 12.3. The number of halogens is 2. The van der Waals surface area contributed by atoms with E-state index < -0.39 is 0 Å². The Hall–Kier alpha value is -0.580. The predicted octanol–water partition coefficient (Wildman–Crippen LogP) is 2.80. The van der Waals surface area contributed by atoms with Crippen LogP contribution in [0, 0.1) is 0 Å². The van der Waals surface area contributed by atoms with E-state index in [9.17, 15) is 4.79 Å². The van der Waals surface area contributed by atoms with E-state index in [4.69, 9.17) is 0 Å². The number of carbonyl (C=O) groups is 1. The first-order chi connectivity index (χ1) is 8.16. The second-order valence-electron chi connectivity index (χ2n) is 4.43. The molecule has 2 rings (SSSR count). The van der Waals surface area contributed by atoms with Gasteiger partial charge in [-0.25, -0.2) is 0 Å². The Kier molecular flexibility index (Phi) is 6.12. The molecular formula is C13H18BrClN2O. The van der Waals surface area contributed by atoms with Gasteiger partial charge in [0.15, 0.2) is 0 Å². The molecule has 2 N–H and O–H groups in total. The summed E-state index contributed by atoms with van der Waals surface area (Å²) in [4.78, 5) is 11.9. The maximum Gasteiger partial charge on any atom is 0.237 e. The fraction of sp³-hybridized carbons (Fsp3) is 0.462. The summed E-state index contributed by atoms with van der Waals surface area (Å²) in [5.41, 5.74) is 1.12. The van der Waals surface area contributed by atoms with Gasteiger partial charge in [-0.3, -0.25) is 4.79 Å². The Morgan fingerprint density at radius 2 is 2.11 bits per heavy atom. The van der Waals surface area contributed by atoms with Gasteiger partial charge in [0.05, 0.1) is 12.1 Å². The lowest BCUT2D eigenvalue weighted by Crippen LogP contribution is -2.41. The summed E-state index contributed by atoms with van der Waals surface area (Å²) in [6.45, 7) is 2.96. The first-order valence-electron chi connectivity index (χ1n) is 5.96. The summed E-state index contributed by atoms with van der Waals surface area (Å²) in [5.74, 6) is 0.109. The van der Waals surface area contributed by atoms with E-state index in [1.165, 1.54) is 0 Å². The van der Waals surface area contributed by atoms with Crippen LogP contribution >= 0.6 is 28.3 Å². The van der Waals surface area contributed by atoms with Crippen molar-refractivity contribution in [2.45, 2.75) is 31.8 Å². The molecule has 1 heterocycles. The molecule has 0 radical (unpaired) electrons. The number of amides is 1. The molecule has 0 aliphatic carbocycles. The fourth-order valence-electron chi connectivity index (χ4n) is 2.06. The van der Waals surface area contributed by atoms with Gasteiger partial charge in [-0.15, -0.1) is 12.4 Å². The Morgan fingerprint density at radius 3 is 2.67 bits per heavy atom. The summed E-state index contributed by atoms with van der Waals surface area (Å²) in [5, 5.41) is 6.24. The van der Waals surface area contributed by atoms with Gasteiger partial charge in [-0.05, 0) is 44.0 Å². The number of rotatable bonds is 3. The first kappa shape index (κ1) is 15.5. The van der Waals surface area contributed by atoms with Gasteiger partial charge in [-0.1, -0.05) is 28.1 Å². The van der Waals surface area contributed by atoms with Gasteiger partial charge in [-0.2, -0.15) is 0 Å². The topological polar surface area (TPSA) is 41.1 Å². The van der Waals surface area contributed by atoms with E-state index in [2.05, 4.69) is 26.6 Å². The van der Waals surface area contributed by atoms with Crippen LogP contribution in [0.3, 0.4) is 0 Å². The highest BCUT2D eigenvalue weighted by Gasteiger charge is 2.23. The highest BCUT2D eigenvalue weighted by Crippen LogP contribution is 2.17. The molecule has 0 bridgehead atoms. The highest BCUT2D eigenvalue weighted by molar-refractivity contribution is 9.10. The molecule has 18 heavy (non-hydrogen) atoms. The Labute approximate surface area is 122 Å². The van der Waals surface area contributed by atoms with Gasteiger partial charge in [0.2, 0.25) is 5.91 Å². The van der Waals surface area contributed by atoms with Crippen molar-refractivity contribution in [1.82, 2.24) is 10.6 Å². The molecule has 1 saturated heterocycles. The smallest absolute Gasteiger partial charge is 0.237 e. The molecule has 5 heteroatoms. The van der Waals surface area contributed by atoms with E-state index in [1.807, 2.05) is 31.2 Å². The maximum atomic E-state index is 11.9. The lowest BCUT2D eigenvalue weighted by molar-refractivity contribution is -0.123. The molecule has 100 valence electrons. The molecule has 1 aromatic rings. The van der Waals surface area contributed by atoms with Crippen LogP contribution in [0.2, 0.25) is 0 Å². The van der Waals surface area contributed by atoms with Crippen molar-refractivity contribution in [3.05, 3.63) is 34.3 Å². The predicted molar refractivity (Wildman–Crippen MR) is 79.0 cm³/mol. The highest BCUT2D eigenvalue weighted by atomic mass is 79.9. The van der Waals surface area contributed by atoms with Gasteiger partial charge < -0.3 is 10.6 Å². The number of benzene rings is 1. The molecule has 0 aromatic heterocycles. The van der Waals surface area contributed by atoms with Crippen LogP contribution < -0.4 is 10.6 Å². The average Bonchev–Trinajstić information content (AvgIpc) is 2.83. The number of hydrogen-bond donors (Lipinski definition) is 2. The third-order valence-electron chi connectivity index (χ3n) is 3.11. The summed E-state index contributed by atoms with van der Waals surface area (Å²) in [7, 11) is 0. The molecule has 1 aliphatic heterocycles. The molecule has 0 spiro atoms. The Morgan fingerprint density at radius 1 is 1.44 bits per heavy atom. The molecular weight excluding hydrogens is 316 g/mol. The largest absolute Gasteiger partial charge is 0.348 e. The third kappa shape index (κ3) is 3.97. The van der Waals surface area contributed by atoms with Crippen molar-refractivity contribution in [2.24, 2.45) is 0 Å². The molecule has 3 nitrogen and oxygen atoms in total. The van der Waals surface area contributed by atoms with Crippen LogP contribution in [0.25, 0.3) is 0 Å². The van der Waals surface area contributed by atoms with Crippen molar-refractivity contribution in [3.63, 3.8) is 0 Å². The zero-order valence-electron chi connectivity index (χ0n) is 10.3. The van der Waals surface area contributed by atoms with Gasteiger partial charge in [0, 0.05) is 4.47 Å². The van der Waals surface area contributed by atoms with Crippen LogP contribution in [-0.4, -0.2) is 18.5 Å². The van der Waals surface area contributed by atoms with Crippen LogP contribution in [0.5, 0.6) is 0 Å². The molecule has 1 amide bonds. The van der Waals surface area contributed by atoms with Gasteiger partial charge in [0.1, 0.15) is 0 Å². The summed E-state index contributed by atoms with van der Waals surface area (Å²) < 4.78 is 1.05. The normalized spacial score (nSPS) is 20.0. The summed E-state index contributed by atoms with van der Waals surface area (Å²) in [6, 6.07) is 8.08. The second kappa shape index (κ2) is 7.12. The molecule has 0 saturated carbocycles. The minimum atomic E-state index is -0.00658. The minimum Gasteiger partial charge on any atom is -0.348 e. The lowest BCUT2D eigenvalue weighted by atomic mass is 10.1. The molecule has 2 atom stereocenters. The first-order valence-corrected chi connectivity index (χ1v) is 6.75. The van der Waals surface area contributed by atoms with Crippen molar-refractivity contribution < 1.29 is 4.79 Å². The van der Waals surface area contributed by atoms with E-state index >= 15 is 0 Å². The van der Waals surface area contributed by atoms with Crippen LogP contribution in [0.15, 0.2) is 28.7 Å². The van der Waals surface area contributed by atoms with E-state index in [0.29, 0.717) is 0 Å². The molecule has 1 fully saturated rings. The Balaban J connectivity index is 0.00000162. The Bertz CT molecular complexity index is 390. The molecule has 1 aliphatic rings. The van der Waals surface area contributed by atoms with E-state index in [1.54, 1.807) is 0 Å². The van der Waals surface area contributed by atoms with Crippen LogP contribution in [-0.2, 0) is 4.79 Å². The van der Waals surface area contributed by atoms with E-state index in [-0.39, 0.29) is 30.4 Å². The van der Waals surface area contributed by atoms with Crippen molar-refractivity contribution >= 4 is 34.2 Å². The van der Waals surface area contributed by atoms with Gasteiger partial charge in [0.25, 0.3) is 0 Å². The lowest BCUT2D eigenvalue weighted by Gasteiger charge is -2.17.